The van der Waals surface area contributed by atoms with Gasteiger partial charge in [-0.25, -0.2) is 4.39 Å². The van der Waals surface area contributed by atoms with Crippen LogP contribution < -0.4 is 0 Å². The zero-order valence-electron chi connectivity index (χ0n) is 9.69. The normalized spacial score (nSPS) is 15.0. The summed E-state index contributed by atoms with van der Waals surface area (Å²) in [5, 5.41) is 1.65. The van der Waals surface area contributed by atoms with Crippen molar-refractivity contribution in [3.63, 3.8) is 0 Å². The minimum absolute atomic E-state index is 0.211. The molecule has 0 radical (unpaired) electrons. The predicted octanol–water partition coefficient (Wildman–Crippen LogP) is 4.21. The summed E-state index contributed by atoms with van der Waals surface area (Å²) >= 11 is 6.42. The zero-order valence-corrected chi connectivity index (χ0v) is 10.4. The summed E-state index contributed by atoms with van der Waals surface area (Å²) in [7, 11) is 0. The molecule has 0 saturated heterocycles. The smallest absolute Gasteiger partial charge is 0.128 e. The average molecular weight is 250 g/mol. The molecule has 0 N–H and O–H groups in total. The lowest BCUT2D eigenvalue weighted by atomic mass is 9.94. The van der Waals surface area contributed by atoms with Crippen molar-refractivity contribution in [1.29, 1.82) is 0 Å². The quantitative estimate of drug-likeness (QED) is 0.681. The second-order valence-corrected chi connectivity index (χ2v) is 5.00. The fourth-order valence-electron chi connectivity index (χ4n) is 2.54. The number of fused-ring (bicyclic) bond motifs is 2. The summed E-state index contributed by atoms with van der Waals surface area (Å²) in [4.78, 5) is 4.61. The van der Waals surface area contributed by atoms with Crippen molar-refractivity contribution < 1.29 is 4.39 Å². The first-order valence-corrected chi connectivity index (χ1v) is 6.32. The maximum atomic E-state index is 13.5. The van der Waals surface area contributed by atoms with E-state index in [0.29, 0.717) is 5.56 Å². The van der Waals surface area contributed by atoms with E-state index in [1.54, 1.807) is 13.0 Å². The number of pyridine rings is 1. The molecule has 0 bridgehead atoms. The van der Waals surface area contributed by atoms with Crippen molar-refractivity contribution in [2.24, 2.45) is 0 Å². The van der Waals surface area contributed by atoms with E-state index >= 15 is 0 Å². The predicted molar refractivity (Wildman–Crippen MR) is 68.1 cm³/mol. The molecule has 1 aromatic carbocycles. The molecule has 17 heavy (non-hydrogen) atoms. The maximum absolute atomic E-state index is 13.5. The molecule has 1 aromatic heterocycles. The number of aryl methyl sites for hydroxylation is 2. The first-order chi connectivity index (χ1) is 8.18. The van der Waals surface area contributed by atoms with E-state index in [1.807, 2.05) is 0 Å². The van der Waals surface area contributed by atoms with Gasteiger partial charge in [-0.3, -0.25) is 4.98 Å². The number of aromatic nitrogens is 1. The van der Waals surface area contributed by atoms with Crippen molar-refractivity contribution >= 4 is 22.5 Å². The highest BCUT2D eigenvalue weighted by Crippen LogP contribution is 2.34. The van der Waals surface area contributed by atoms with Crippen LogP contribution in [0.2, 0.25) is 5.02 Å². The van der Waals surface area contributed by atoms with Gasteiger partial charge in [0.2, 0.25) is 0 Å². The Morgan fingerprint density at radius 2 is 2.00 bits per heavy atom. The molecule has 0 atom stereocenters. The third-order valence-electron chi connectivity index (χ3n) is 3.55. The van der Waals surface area contributed by atoms with Crippen molar-refractivity contribution in [2.45, 2.75) is 32.6 Å². The summed E-state index contributed by atoms with van der Waals surface area (Å²) in [5.74, 6) is -0.211. The maximum Gasteiger partial charge on any atom is 0.128 e. The van der Waals surface area contributed by atoms with Crippen LogP contribution in [0.15, 0.2) is 12.1 Å². The molecule has 0 fully saturated rings. The number of hydrogen-bond donors (Lipinski definition) is 0. The number of hydrogen-bond acceptors (Lipinski definition) is 1. The molecule has 1 nitrogen and oxygen atoms in total. The van der Waals surface area contributed by atoms with E-state index in [9.17, 15) is 4.39 Å². The summed E-state index contributed by atoms with van der Waals surface area (Å²) in [6.07, 6.45) is 4.27. The number of rotatable bonds is 0. The molecule has 0 spiro atoms. The van der Waals surface area contributed by atoms with Crippen LogP contribution >= 0.6 is 11.6 Å². The van der Waals surface area contributed by atoms with E-state index in [1.165, 1.54) is 12.5 Å². The molecule has 88 valence electrons. The van der Waals surface area contributed by atoms with Crippen LogP contribution in [0, 0.1) is 12.7 Å². The Kier molecular flexibility index (Phi) is 2.55. The molecular formula is C14H13ClFN. The van der Waals surface area contributed by atoms with Crippen LogP contribution in [0.3, 0.4) is 0 Å². The van der Waals surface area contributed by atoms with Gasteiger partial charge in [0.25, 0.3) is 0 Å². The SMILES string of the molecule is Cc1c(F)ccc2c(Cl)c3c(nc12)CCCC3. The molecule has 2 aromatic rings. The molecule has 0 unspecified atom stereocenters. The number of nitrogens with zero attached hydrogens (tertiary/aromatic N) is 1. The van der Waals surface area contributed by atoms with Crippen LogP contribution in [0.25, 0.3) is 10.9 Å². The van der Waals surface area contributed by atoms with Gasteiger partial charge in [-0.1, -0.05) is 11.6 Å². The van der Waals surface area contributed by atoms with Gasteiger partial charge >= 0.3 is 0 Å². The van der Waals surface area contributed by atoms with Gasteiger partial charge in [0.15, 0.2) is 0 Å². The van der Waals surface area contributed by atoms with E-state index in [0.717, 1.165) is 46.4 Å². The van der Waals surface area contributed by atoms with Crippen LogP contribution in [0.1, 0.15) is 29.7 Å². The average Bonchev–Trinajstić information content (AvgIpc) is 2.35. The molecule has 0 saturated carbocycles. The molecule has 0 aliphatic heterocycles. The first-order valence-electron chi connectivity index (χ1n) is 5.94. The lowest BCUT2D eigenvalue weighted by Crippen LogP contribution is -2.07. The summed E-state index contributed by atoms with van der Waals surface area (Å²) in [5.41, 5.74) is 3.53. The standard InChI is InChI=1S/C14H13ClFN/c1-8-11(16)7-6-10-13(15)9-4-2-3-5-12(9)17-14(8)10/h6-7H,2-5H2,1H3. The highest BCUT2D eigenvalue weighted by Gasteiger charge is 2.18. The Labute approximate surface area is 105 Å². The van der Waals surface area contributed by atoms with E-state index < -0.39 is 0 Å². The minimum Gasteiger partial charge on any atom is -0.252 e. The van der Waals surface area contributed by atoms with E-state index in [2.05, 4.69) is 4.98 Å². The molecule has 1 heterocycles. The minimum atomic E-state index is -0.211. The first kappa shape index (κ1) is 11.0. The monoisotopic (exact) mass is 249 g/mol. The van der Waals surface area contributed by atoms with Gasteiger partial charge < -0.3 is 0 Å². The summed E-state index contributed by atoms with van der Waals surface area (Å²) < 4.78 is 13.5. The topological polar surface area (TPSA) is 12.9 Å². The Balaban J connectivity index is 2.40. The lowest BCUT2D eigenvalue weighted by molar-refractivity contribution is 0.620. The Morgan fingerprint density at radius 1 is 1.24 bits per heavy atom. The number of halogens is 2. The third kappa shape index (κ3) is 1.62. The van der Waals surface area contributed by atoms with Crippen LogP contribution in [0.5, 0.6) is 0 Å². The highest BCUT2D eigenvalue weighted by atomic mass is 35.5. The Morgan fingerprint density at radius 3 is 2.82 bits per heavy atom. The van der Waals surface area contributed by atoms with Crippen LogP contribution in [-0.2, 0) is 12.8 Å². The molecule has 3 heteroatoms. The van der Waals surface area contributed by atoms with Gasteiger partial charge in [0.1, 0.15) is 5.82 Å². The molecule has 1 aliphatic rings. The fraction of sp³-hybridized carbons (Fsp3) is 0.357. The second-order valence-electron chi connectivity index (χ2n) is 4.63. The van der Waals surface area contributed by atoms with Crippen molar-refractivity contribution in [3.05, 3.63) is 39.8 Å². The molecule has 1 aliphatic carbocycles. The summed E-state index contributed by atoms with van der Waals surface area (Å²) in [6, 6.07) is 3.21. The van der Waals surface area contributed by atoms with Gasteiger partial charge in [-0.05, 0) is 50.3 Å². The van der Waals surface area contributed by atoms with E-state index in [4.69, 9.17) is 11.6 Å². The largest absolute Gasteiger partial charge is 0.252 e. The Bertz CT molecular complexity index is 607. The fourth-order valence-corrected chi connectivity index (χ4v) is 2.90. The highest BCUT2D eigenvalue weighted by molar-refractivity contribution is 6.36. The van der Waals surface area contributed by atoms with Gasteiger partial charge in [-0.15, -0.1) is 0 Å². The van der Waals surface area contributed by atoms with Gasteiger partial charge in [0, 0.05) is 16.6 Å². The molecular weight excluding hydrogens is 237 g/mol. The number of benzene rings is 1. The molecule has 0 amide bonds. The zero-order chi connectivity index (χ0) is 12.0. The second kappa shape index (κ2) is 3.95. The van der Waals surface area contributed by atoms with Gasteiger partial charge in [-0.2, -0.15) is 0 Å². The van der Waals surface area contributed by atoms with Crippen molar-refractivity contribution in [2.75, 3.05) is 0 Å². The van der Waals surface area contributed by atoms with Gasteiger partial charge in [0.05, 0.1) is 10.5 Å². The summed E-state index contributed by atoms with van der Waals surface area (Å²) in [6.45, 7) is 1.76. The third-order valence-corrected chi connectivity index (χ3v) is 3.98. The molecule has 3 rings (SSSR count). The van der Waals surface area contributed by atoms with Crippen LogP contribution in [-0.4, -0.2) is 4.98 Å². The van der Waals surface area contributed by atoms with E-state index in [-0.39, 0.29) is 5.82 Å². The van der Waals surface area contributed by atoms with Crippen molar-refractivity contribution in [3.8, 4) is 0 Å². The Hall–Kier alpha value is -1.15. The lowest BCUT2D eigenvalue weighted by Gasteiger charge is -2.18. The van der Waals surface area contributed by atoms with Crippen LogP contribution in [0.4, 0.5) is 4.39 Å². The van der Waals surface area contributed by atoms with Crippen molar-refractivity contribution in [1.82, 2.24) is 4.98 Å².